The smallest absolute Gasteiger partial charge is 0.236 e. The molecular formula is C21H33N3O2. The Morgan fingerprint density at radius 3 is 2.81 bits per heavy atom. The van der Waals surface area contributed by atoms with Crippen LogP contribution in [0.2, 0.25) is 0 Å². The molecule has 0 aliphatic carbocycles. The summed E-state index contributed by atoms with van der Waals surface area (Å²) in [6, 6.07) is 8.67. The molecule has 0 radical (unpaired) electrons. The van der Waals surface area contributed by atoms with Gasteiger partial charge in [-0.05, 0) is 64.4 Å². The van der Waals surface area contributed by atoms with Crippen LogP contribution in [-0.2, 0) is 4.79 Å². The van der Waals surface area contributed by atoms with Gasteiger partial charge in [-0.1, -0.05) is 18.2 Å². The fourth-order valence-electron chi connectivity index (χ4n) is 4.04. The minimum atomic E-state index is 0.270. The number of hydrogen-bond donors (Lipinski definition) is 1. The summed E-state index contributed by atoms with van der Waals surface area (Å²) in [5.41, 5.74) is 1.17. The fraction of sp³-hybridized carbons (Fsp3) is 0.667. The summed E-state index contributed by atoms with van der Waals surface area (Å²) < 4.78 is 6.03. The van der Waals surface area contributed by atoms with Crippen molar-refractivity contribution in [1.82, 2.24) is 15.1 Å². The number of ether oxygens (including phenoxy) is 1. The van der Waals surface area contributed by atoms with Crippen LogP contribution in [0.5, 0.6) is 5.75 Å². The van der Waals surface area contributed by atoms with Crippen molar-refractivity contribution in [2.45, 2.75) is 38.6 Å². The first-order valence-corrected chi connectivity index (χ1v) is 10.0. The second kappa shape index (κ2) is 9.38. The van der Waals surface area contributed by atoms with Crippen LogP contribution in [-0.4, -0.2) is 68.1 Å². The Hall–Kier alpha value is -1.59. The maximum Gasteiger partial charge on any atom is 0.236 e. The van der Waals surface area contributed by atoms with E-state index in [9.17, 15) is 4.79 Å². The third kappa shape index (κ3) is 5.21. The van der Waals surface area contributed by atoms with Gasteiger partial charge in [0.15, 0.2) is 0 Å². The summed E-state index contributed by atoms with van der Waals surface area (Å²) in [7, 11) is 2.09. The lowest BCUT2D eigenvalue weighted by Gasteiger charge is -2.36. The van der Waals surface area contributed by atoms with Gasteiger partial charge in [-0.2, -0.15) is 0 Å². The second-order valence-electron chi connectivity index (χ2n) is 7.82. The van der Waals surface area contributed by atoms with Crippen LogP contribution < -0.4 is 10.1 Å². The minimum Gasteiger partial charge on any atom is -0.493 e. The molecule has 3 rings (SSSR count). The van der Waals surface area contributed by atoms with Gasteiger partial charge in [0.25, 0.3) is 0 Å². The molecule has 2 saturated heterocycles. The molecule has 0 aromatic heterocycles. The van der Waals surface area contributed by atoms with Crippen molar-refractivity contribution in [3.8, 4) is 5.75 Å². The number of para-hydroxylation sites is 1. The molecule has 2 aliphatic rings. The number of rotatable bonds is 6. The Labute approximate surface area is 157 Å². The summed E-state index contributed by atoms with van der Waals surface area (Å²) in [4.78, 5) is 17.0. The zero-order valence-corrected chi connectivity index (χ0v) is 16.2. The van der Waals surface area contributed by atoms with Crippen molar-refractivity contribution in [2.24, 2.45) is 5.92 Å². The fourth-order valence-corrected chi connectivity index (χ4v) is 4.04. The molecule has 2 heterocycles. The highest BCUT2D eigenvalue weighted by Gasteiger charge is 2.26. The number of likely N-dealkylation sites (tertiary alicyclic amines) is 1. The van der Waals surface area contributed by atoms with Crippen LogP contribution in [0, 0.1) is 12.8 Å². The Morgan fingerprint density at radius 2 is 2.04 bits per heavy atom. The third-order valence-corrected chi connectivity index (χ3v) is 5.76. The molecule has 5 heteroatoms. The number of nitrogens with zero attached hydrogens (tertiary/aromatic N) is 2. The molecule has 1 aromatic rings. The molecule has 0 spiro atoms. The molecule has 1 atom stereocenters. The van der Waals surface area contributed by atoms with Gasteiger partial charge in [0, 0.05) is 25.0 Å². The van der Waals surface area contributed by atoms with E-state index in [1.165, 1.54) is 5.56 Å². The van der Waals surface area contributed by atoms with Gasteiger partial charge < -0.3 is 15.0 Å². The zero-order chi connectivity index (χ0) is 18.4. The van der Waals surface area contributed by atoms with Gasteiger partial charge in [-0.15, -0.1) is 0 Å². The number of aryl methyl sites for hydroxylation is 1. The van der Waals surface area contributed by atoms with E-state index in [4.69, 9.17) is 4.74 Å². The predicted octanol–water partition coefficient (Wildman–Crippen LogP) is 2.30. The highest BCUT2D eigenvalue weighted by atomic mass is 16.5. The van der Waals surface area contributed by atoms with E-state index in [1.807, 2.05) is 23.1 Å². The number of carbonyl (C=O) groups excluding carboxylic acids is 1. The van der Waals surface area contributed by atoms with Crippen LogP contribution in [0.4, 0.5) is 0 Å². The van der Waals surface area contributed by atoms with Crippen LogP contribution >= 0.6 is 0 Å². The second-order valence-corrected chi connectivity index (χ2v) is 7.82. The van der Waals surface area contributed by atoms with Gasteiger partial charge in [0.1, 0.15) is 5.75 Å². The SMILES string of the molecule is Cc1ccccc1OC[C@H]1CCCN(C(=O)CN(C)C2CCNCC2)C1. The number of hydrogen-bond acceptors (Lipinski definition) is 4. The van der Waals surface area contributed by atoms with E-state index in [0.717, 1.165) is 57.6 Å². The van der Waals surface area contributed by atoms with Gasteiger partial charge in [0.2, 0.25) is 5.91 Å². The number of nitrogens with one attached hydrogen (secondary N) is 1. The van der Waals surface area contributed by atoms with Crippen molar-refractivity contribution in [3.05, 3.63) is 29.8 Å². The van der Waals surface area contributed by atoms with E-state index in [1.54, 1.807) is 0 Å². The van der Waals surface area contributed by atoms with Crippen LogP contribution in [0.1, 0.15) is 31.2 Å². The predicted molar refractivity (Wildman–Crippen MR) is 104 cm³/mol. The molecule has 0 saturated carbocycles. The standard InChI is InChI=1S/C21H33N3O2/c1-17-6-3-4-8-20(17)26-16-18-7-5-13-24(14-18)21(25)15-23(2)19-9-11-22-12-10-19/h3-4,6,8,18-19,22H,5,7,9-16H2,1-2H3/t18-/m0/s1. The van der Waals surface area contributed by atoms with Crippen molar-refractivity contribution < 1.29 is 9.53 Å². The normalized spacial score (nSPS) is 21.8. The van der Waals surface area contributed by atoms with Gasteiger partial charge >= 0.3 is 0 Å². The van der Waals surface area contributed by atoms with Crippen molar-refractivity contribution in [1.29, 1.82) is 0 Å². The number of likely N-dealkylation sites (N-methyl/N-ethyl adjacent to an activating group) is 1. The average Bonchev–Trinajstić information content (AvgIpc) is 2.68. The molecule has 2 aliphatic heterocycles. The van der Waals surface area contributed by atoms with Crippen LogP contribution in [0.3, 0.4) is 0 Å². The summed E-state index contributed by atoms with van der Waals surface area (Å²) in [6.45, 7) is 7.14. The quantitative estimate of drug-likeness (QED) is 0.846. The van der Waals surface area contributed by atoms with Crippen molar-refractivity contribution >= 4 is 5.91 Å². The summed E-state index contributed by atoms with van der Waals surface area (Å²) in [6.07, 6.45) is 4.48. The van der Waals surface area contributed by atoms with E-state index >= 15 is 0 Å². The molecule has 0 unspecified atom stereocenters. The van der Waals surface area contributed by atoms with Crippen LogP contribution in [0.25, 0.3) is 0 Å². The number of amides is 1. The molecular weight excluding hydrogens is 326 g/mol. The number of carbonyl (C=O) groups is 1. The largest absolute Gasteiger partial charge is 0.493 e. The lowest BCUT2D eigenvalue weighted by Crippen LogP contribution is -2.49. The lowest BCUT2D eigenvalue weighted by molar-refractivity contribution is -0.134. The third-order valence-electron chi connectivity index (χ3n) is 5.76. The average molecular weight is 360 g/mol. The highest BCUT2D eigenvalue weighted by molar-refractivity contribution is 5.78. The van der Waals surface area contributed by atoms with Gasteiger partial charge in [-0.25, -0.2) is 0 Å². The molecule has 1 aromatic carbocycles. The lowest BCUT2D eigenvalue weighted by atomic mass is 9.98. The Kier molecular flexibility index (Phi) is 6.92. The van der Waals surface area contributed by atoms with Gasteiger partial charge in [-0.3, -0.25) is 9.69 Å². The molecule has 144 valence electrons. The minimum absolute atomic E-state index is 0.270. The Bertz CT molecular complexity index is 586. The molecule has 0 bridgehead atoms. The molecule has 1 amide bonds. The first kappa shape index (κ1) is 19.2. The first-order chi connectivity index (χ1) is 12.6. The Balaban J connectivity index is 1.46. The van der Waals surface area contributed by atoms with E-state index in [0.29, 0.717) is 25.1 Å². The van der Waals surface area contributed by atoms with Gasteiger partial charge in [0.05, 0.1) is 13.2 Å². The zero-order valence-electron chi connectivity index (χ0n) is 16.2. The van der Waals surface area contributed by atoms with E-state index in [2.05, 4.69) is 30.3 Å². The summed E-state index contributed by atoms with van der Waals surface area (Å²) in [5, 5.41) is 3.39. The maximum absolute atomic E-state index is 12.8. The monoisotopic (exact) mass is 359 g/mol. The van der Waals surface area contributed by atoms with E-state index in [-0.39, 0.29) is 5.91 Å². The maximum atomic E-state index is 12.8. The summed E-state index contributed by atoms with van der Waals surface area (Å²) in [5.74, 6) is 1.66. The van der Waals surface area contributed by atoms with E-state index < -0.39 is 0 Å². The highest BCUT2D eigenvalue weighted by Crippen LogP contribution is 2.21. The number of piperidine rings is 2. The molecule has 26 heavy (non-hydrogen) atoms. The molecule has 5 nitrogen and oxygen atoms in total. The summed E-state index contributed by atoms with van der Waals surface area (Å²) >= 11 is 0. The topological polar surface area (TPSA) is 44.8 Å². The Morgan fingerprint density at radius 1 is 1.27 bits per heavy atom. The number of benzene rings is 1. The first-order valence-electron chi connectivity index (χ1n) is 10.0. The van der Waals surface area contributed by atoms with Crippen LogP contribution in [0.15, 0.2) is 24.3 Å². The molecule has 2 fully saturated rings. The van der Waals surface area contributed by atoms with Crippen molar-refractivity contribution in [3.63, 3.8) is 0 Å². The van der Waals surface area contributed by atoms with Crippen molar-refractivity contribution in [2.75, 3.05) is 46.4 Å². The molecule has 1 N–H and O–H groups in total.